The fraction of sp³-hybridized carbons (Fsp3) is 0.900. The van der Waals surface area contributed by atoms with E-state index in [2.05, 4.69) is 34.7 Å². The smallest absolute Gasteiger partial charge is 0.165 e. The molecule has 1 aromatic rings. The van der Waals surface area contributed by atoms with Crippen molar-refractivity contribution in [3.05, 3.63) is 5.82 Å². The molecule has 0 spiro atoms. The van der Waals surface area contributed by atoms with Gasteiger partial charge in [-0.2, -0.15) is 0 Å². The van der Waals surface area contributed by atoms with Gasteiger partial charge in [0, 0.05) is 28.3 Å². The summed E-state index contributed by atoms with van der Waals surface area (Å²) < 4.78 is 13.2. The van der Waals surface area contributed by atoms with Gasteiger partial charge in [0.05, 0.1) is 12.6 Å². The Morgan fingerprint density at radius 1 is 1.47 bits per heavy atom. The molecule has 1 aromatic heterocycles. The first-order valence-corrected chi connectivity index (χ1v) is 7.50. The quantitative estimate of drug-likeness (QED) is 0.837. The molecule has 1 N–H and O–H groups in total. The number of hydrogen-bond donors (Lipinski definition) is 1. The second-order valence-corrected chi connectivity index (χ2v) is 6.35. The van der Waals surface area contributed by atoms with Crippen molar-refractivity contribution in [1.29, 1.82) is 0 Å². The second-order valence-electron chi connectivity index (χ2n) is 4.65. The molecule has 2 rings (SSSR count). The number of aromatic nitrogens is 4. The van der Waals surface area contributed by atoms with Gasteiger partial charge in [-0.25, -0.2) is 4.68 Å². The summed E-state index contributed by atoms with van der Waals surface area (Å²) in [6, 6.07) is 0.727. The van der Waals surface area contributed by atoms with Crippen LogP contribution in [0.2, 0.25) is 0 Å². The first kappa shape index (κ1) is 12.6. The summed E-state index contributed by atoms with van der Waals surface area (Å²) in [5.74, 6) is 2.40. The van der Waals surface area contributed by atoms with Crippen LogP contribution in [0.4, 0.5) is 0 Å². The molecule has 0 radical (unpaired) electrons. The second kappa shape index (κ2) is 5.68. The zero-order valence-electron chi connectivity index (χ0n) is 10.3. The Hall–Kier alpha value is -0.820. The summed E-state index contributed by atoms with van der Waals surface area (Å²) in [6.07, 6.45) is 1.82. The lowest BCUT2D eigenvalue weighted by Gasteiger charge is -2.22. The van der Waals surface area contributed by atoms with Crippen LogP contribution in [0, 0.1) is 0 Å². The molecule has 17 heavy (non-hydrogen) atoms. The average Bonchev–Trinajstić information content (AvgIpc) is 2.75. The third-order valence-corrected chi connectivity index (χ3v) is 4.31. The van der Waals surface area contributed by atoms with Gasteiger partial charge in [-0.1, -0.05) is 13.8 Å². The van der Waals surface area contributed by atoms with Crippen molar-refractivity contribution >= 4 is 10.8 Å². The average molecular weight is 257 g/mol. The number of tetrazole rings is 1. The first-order valence-electron chi connectivity index (χ1n) is 6.02. The molecule has 0 unspecified atom stereocenters. The van der Waals surface area contributed by atoms with E-state index in [0.717, 1.165) is 30.2 Å². The Morgan fingerprint density at radius 3 is 2.82 bits per heavy atom. The molecule has 0 amide bonds. The molecule has 0 atom stereocenters. The number of hydrogen-bond acceptors (Lipinski definition) is 5. The highest BCUT2D eigenvalue weighted by Gasteiger charge is 2.22. The fourth-order valence-corrected chi connectivity index (χ4v) is 3.21. The summed E-state index contributed by atoms with van der Waals surface area (Å²) in [7, 11) is -0.638. The Balaban J connectivity index is 2.00. The Bertz CT molecular complexity index is 382. The van der Waals surface area contributed by atoms with Gasteiger partial charge >= 0.3 is 0 Å². The van der Waals surface area contributed by atoms with Crippen LogP contribution in [0.5, 0.6) is 0 Å². The van der Waals surface area contributed by atoms with E-state index in [-0.39, 0.29) is 0 Å². The van der Waals surface area contributed by atoms with E-state index in [9.17, 15) is 4.21 Å². The molecule has 1 saturated heterocycles. The van der Waals surface area contributed by atoms with E-state index in [0.29, 0.717) is 18.6 Å². The largest absolute Gasteiger partial charge is 0.308 e. The topological polar surface area (TPSA) is 72.7 Å². The van der Waals surface area contributed by atoms with Gasteiger partial charge in [0.25, 0.3) is 0 Å². The van der Waals surface area contributed by atoms with Gasteiger partial charge in [0.2, 0.25) is 0 Å². The summed E-state index contributed by atoms with van der Waals surface area (Å²) in [6.45, 7) is 4.88. The zero-order valence-corrected chi connectivity index (χ0v) is 11.1. The number of rotatable bonds is 4. The minimum atomic E-state index is -0.638. The SMILES string of the molecule is CC(C)NCc1nnnn1C1CCS(=O)CC1. The molecule has 0 aliphatic carbocycles. The molecule has 96 valence electrons. The predicted molar refractivity (Wildman–Crippen MR) is 65.9 cm³/mol. The van der Waals surface area contributed by atoms with Gasteiger partial charge in [0.15, 0.2) is 5.82 Å². The fourth-order valence-electron chi connectivity index (χ4n) is 1.93. The maximum atomic E-state index is 11.3. The van der Waals surface area contributed by atoms with E-state index in [1.807, 2.05) is 4.68 Å². The molecule has 1 aliphatic rings. The van der Waals surface area contributed by atoms with Crippen molar-refractivity contribution in [1.82, 2.24) is 25.5 Å². The molecular formula is C10H19N5OS. The monoisotopic (exact) mass is 257 g/mol. The van der Waals surface area contributed by atoms with Crippen molar-refractivity contribution in [3.63, 3.8) is 0 Å². The van der Waals surface area contributed by atoms with E-state index in [4.69, 9.17) is 0 Å². The molecule has 1 fully saturated rings. The Kier molecular flexibility index (Phi) is 4.22. The van der Waals surface area contributed by atoms with E-state index in [1.165, 1.54) is 0 Å². The lowest BCUT2D eigenvalue weighted by atomic mass is 10.1. The third-order valence-electron chi connectivity index (χ3n) is 2.93. The standard InChI is InChI=1S/C10H19N5OS/c1-8(2)11-7-10-12-13-14-15(10)9-3-5-17(16)6-4-9/h8-9,11H,3-7H2,1-2H3. The molecule has 0 saturated carbocycles. The van der Waals surface area contributed by atoms with Crippen LogP contribution < -0.4 is 5.32 Å². The first-order chi connectivity index (χ1) is 8.16. The molecular weight excluding hydrogens is 238 g/mol. The van der Waals surface area contributed by atoms with Crippen molar-refractivity contribution in [2.75, 3.05) is 11.5 Å². The zero-order chi connectivity index (χ0) is 12.3. The lowest BCUT2D eigenvalue weighted by Crippen LogP contribution is -2.28. The molecule has 7 heteroatoms. The molecule has 0 aromatic carbocycles. The van der Waals surface area contributed by atoms with Crippen LogP contribution >= 0.6 is 0 Å². The molecule has 6 nitrogen and oxygen atoms in total. The van der Waals surface area contributed by atoms with Crippen LogP contribution in [0.25, 0.3) is 0 Å². The van der Waals surface area contributed by atoms with Crippen LogP contribution in [0.15, 0.2) is 0 Å². The molecule has 1 aliphatic heterocycles. The summed E-state index contributed by atoms with van der Waals surface area (Å²) in [5, 5.41) is 15.2. The summed E-state index contributed by atoms with van der Waals surface area (Å²) >= 11 is 0. The minimum Gasteiger partial charge on any atom is -0.308 e. The Morgan fingerprint density at radius 2 is 2.18 bits per heavy atom. The summed E-state index contributed by atoms with van der Waals surface area (Å²) in [5.41, 5.74) is 0. The van der Waals surface area contributed by atoms with Crippen LogP contribution in [0.1, 0.15) is 38.6 Å². The van der Waals surface area contributed by atoms with Crippen molar-refractivity contribution in [2.24, 2.45) is 0 Å². The van der Waals surface area contributed by atoms with E-state index >= 15 is 0 Å². The van der Waals surface area contributed by atoms with Crippen LogP contribution in [-0.4, -0.2) is 42.0 Å². The normalized spacial score (nSPS) is 25.4. The number of nitrogens with zero attached hydrogens (tertiary/aromatic N) is 4. The van der Waals surface area contributed by atoms with Crippen molar-refractivity contribution in [3.8, 4) is 0 Å². The van der Waals surface area contributed by atoms with Crippen molar-refractivity contribution in [2.45, 2.75) is 45.3 Å². The molecule has 2 heterocycles. The maximum Gasteiger partial charge on any atom is 0.165 e. The lowest BCUT2D eigenvalue weighted by molar-refractivity contribution is 0.391. The van der Waals surface area contributed by atoms with Gasteiger partial charge in [-0.15, -0.1) is 5.10 Å². The highest BCUT2D eigenvalue weighted by atomic mass is 32.2. The van der Waals surface area contributed by atoms with Gasteiger partial charge in [-0.05, 0) is 23.3 Å². The minimum absolute atomic E-state index is 0.312. The summed E-state index contributed by atoms with van der Waals surface area (Å²) in [4.78, 5) is 0. The third kappa shape index (κ3) is 3.32. The van der Waals surface area contributed by atoms with Gasteiger partial charge in [0.1, 0.15) is 0 Å². The maximum absolute atomic E-state index is 11.3. The molecule has 0 bridgehead atoms. The highest BCUT2D eigenvalue weighted by Crippen LogP contribution is 2.21. The van der Waals surface area contributed by atoms with Crippen LogP contribution in [0.3, 0.4) is 0 Å². The van der Waals surface area contributed by atoms with E-state index in [1.54, 1.807) is 0 Å². The highest BCUT2D eigenvalue weighted by molar-refractivity contribution is 7.85. The Labute approximate surface area is 104 Å². The number of nitrogens with one attached hydrogen (secondary N) is 1. The van der Waals surface area contributed by atoms with E-state index < -0.39 is 10.8 Å². The van der Waals surface area contributed by atoms with Gasteiger partial charge in [-0.3, -0.25) is 4.21 Å². The predicted octanol–water partition coefficient (Wildman–Crippen LogP) is 0.255. The van der Waals surface area contributed by atoms with Crippen molar-refractivity contribution < 1.29 is 4.21 Å². The van der Waals surface area contributed by atoms with Crippen LogP contribution in [-0.2, 0) is 17.3 Å². The van der Waals surface area contributed by atoms with Gasteiger partial charge < -0.3 is 5.32 Å².